The van der Waals surface area contributed by atoms with Crippen molar-refractivity contribution in [3.63, 3.8) is 0 Å². The predicted octanol–water partition coefficient (Wildman–Crippen LogP) is 2.22. The predicted molar refractivity (Wildman–Crippen MR) is 79.7 cm³/mol. The highest BCUT2D eigenvalue weighted by Crippen LogP contribution is 2.14. The monoisotopic (exact) mass is 274 g/mol. The van der Waals surface area contributed by atoms with Crippen molar-refractivity contribution < 1.29 is 0 Å². The van der Waals surface area contributed by atoms with Crippen LogP contribution in [0, 0.1) is 0 Å². The lowest BCUT2D eigenvalue weighted by molar-refractivity contribution is 0.678. The summed E-state index contributed by atoms with van der Waals surface area (Å²) < 4.78 is 2.30. The molecule has 3 rings (SSSR count). The van der Waals surface area contributed by atoms with Crippen molar-refractivity contribution in [2.75, 3.05) is 23.4 Å². The summed E-state index contributed by atoms with van der Waals surface area (Å²) >= 11 is 2.00. The van der Waals surface area contributed by atoms with Gasteiger partial charge in [-0.3, -0.25) is 0 Å². The molecule has 0 saturated heterocycles. The van der Waals surface area contributed by atoms with Gasteiger partial charge in [0.25, 0.3) is 0 Å². The second-order valence-electron chi connectivity index (χ2n) is 4.59. The van der Waals surface area contributed by atoms with Crippen LogP contribution in [-0.4, -0.2) is 32.8 Å². The largest absolute Gasteiger partial charge is 0.385 e. The lowest BCUT2D eigenvalue weighted by atomic mass is 10.3. The molecule has 4 nitrogen and oxygen atoms in total. The van der Waals surface area contributed by atoms with Gasteiger partial charge in [-0.05, 0) is 12.1 Å². The van der Waals surface area contributed by atoms with Crippen LogP contribution >= 0.6 is 11.8 Å². The Morgan fingerprint density at radius 2 is 2.05 bits per heavy atom. The molecule has 1 aromatic heterocycles. The minimum absolute atomic E-state index is 0.898. The Morgan fingerprint density at radius 1 is 1.16 bits per heavy atom. The number of fused-ring (bicyclic) bond motifs is 1. The number of anilines is 1. The Kier molecular flexibility index (Phi) is 4.03. The van der Waals surface area contributed by atoms with E-state index in [-0.39, 0.29) is 0 Å². The Balaban J connectivity index is 1.60. The normalized spacial score (nSPS) is 14.7. The van der Waals surface area contributed by atoms with E-state index in [0.717, 1.165) is 43.3 Å². The minimum atomic E-state index is 0.898. The van der Waals surface area contributed by atoms with Crippen molar-refractivity contribution in [2.45, 2.75) is 19.4 Å². The molecule has 0 unspecified atom stereocenters. The van der Waals surface area contributed by atoms with Crippen LogP contribution in [0.25, 0.3) is 0 Å². The number of para-hydroxylation sites is 1. The number of hydrogen-bond donors (Lipinski definition) is 1. The maximum atomic E-state index is 4.33. The van der Waals surface area contributed by atoms with Crippen molar-refractivity contribution in [1.29, 1.82) is 0 Å². The van der Waals surface area contributed by atoms with Crippen molar-refractivity contribution in [3.8, 4) is 0 Å². The molecule has 0 atom stereocenters. The van der Waals surface area contributed by atoms with E-state index in [4.69, 9.17) is 0 Å². The van der Waals surface area contributed by atoms with Gasteiger partial charge in [0.15, 0.2) is 0 Å². The van der Waals surface area contributed by atoms with Crippen LogP contribution in [0.3, 0.4) is 0 Å². The van der Waals surface area contributed by atoms with Gasteiger partial charge in [0, 0.05) is 43.1 Å². The number of nitrogens with zero attached hydrogens (tertiary/aromatic N) is 3. The van der Waals surface area contributed by atoms with Gasteiger partial charge in [0.1, 0.15) is 11.6 Å². The van der Waals surface area contributed by atoms with E-state index in [0.29, 0.717) is 0 Å². The van der Waals surface area contributed by atoms with E-state index in [1.54, 1.807) is 0 Å². The summed E-state index contributed by atoms with van der Waals surface area (Å²) in [5.74, 6) is 4.60. The van der Waals surface area contributed by atoms with Crippen molar-refractivity contribution in [3.05, 3.63) is 42.0 Å². The zero-order chi connectivity index (χ0) is 12.9. The first-order chi connectivity index (χ1) is 9.43. The van der Waals surface area contributed by atoms with Crippen molar-refractivity contribution in [1.82, 2.24) is 14.8 Å². The third kappa shape index (κ3) is 3.10. The fourth-order valence-electron chi connectivity index (χ4n) is 2.30. The number of nitrogens with one attached hydrogen (secondary N) is 1. The molecule has 0 aliphatic carbocycles. The standard InChI is InChI=1S/C14H18N4S/c1-2-4-12(5-3-1)15-8-6-13-16-17-14-7-10-19-11-9-18(13)14/h1-5,15H,6-11H2. The zero-order valence-corrected chi connectivity index (χ0v) is 11.7. The Labute approximate surface area is 117 Å². The van der Waals surface area contributed by atoms with Gasteiger partial charge in [0.2, 0.25) is 0 Å². The molecular formula is C14H18N4S. The number of aryl methyl sites for hydroxylation is 1. The van der Waals surface area contributed by atoms with E-state index < -0.39 is 0 Å². The van der Waals surface area contributed by atoms with Crippen LogP contribution in [-0.2, 0) is 19.4 Å². The van der Waals surface area contributed by atoms with Gasteiger partial charge in [-0.1, -0.05) is 18.2 Å². The lowest BCUT2D eigenvalue weighted by Gasteiger charge is -2.08. The van der Waals surface area contributed by atoms with Gasteiger partial charge in [0.05, 0.1) is 0 Å². The zero-order valence-electron chi connectivity index (χ0n) is 10.9. The highest BCUT2D eigenvalue weighted by molar-refractivity contribution is 7.99. The number of aromatic nitrogens is 3. The molecule has 5 heteroatoms. The molecule has 0 amide bonds. The van der Waals surface area contributed by atoms with Gasteiger partial charge in [-0.25, -0.2) is 0 Å². The topological polar surface area (TPSA) is 42.7 Å². The fraction of sp³-hybridized carbons (Fsp3) is 0.429. The summed E-state index contributed by atoms with van der Waals surface area (Å²) in [5.41, 5.74) is 1.16. The molecule has 19 heavy (non-hydrogen) atoms. The van der Waals surface area contributed by atoms with E-state index in [1.165, 1.54) is 11.5 Å². The van der Waals surface area contributed by atoms with E-state index in [1.807, 2.05) is 30.0 Å². The molecule has 0 fully saturated rings. The number of rotatable bonds is 4. The van der Waals surface area contributed by atoms with Crippen LogP contribution in [0.2, 0.25) is 0 Å². The van der Waals surface area contributed by atoms with Crippen LogP contribution in [0.1, 0.15) is 11.6 Å². The average Bonchev–Trinajstić information content (AvgIpc) is 2.69. The first-order valence-electron chi connectivity index (χ1n) is 6.71. The molecule has 0 spiro atoms. The minimum Gasteiger partial charge on any atom is -0.385 e. The second kappa shape index (κ2) is 6.10. The molecule has 2 aromatic rings. The van der Waals surface area contributed by atoms with Crippen LogP contribution in [0.15, 0.2) is 30.3 Å². The average molecular weight is 274 g/mol. The SMILES string of the molecule is c1ccc(NCCc2nnc3n2CCSCC3)cc1. The Morgan fingerprint density at radius 3 is 2.95 bits per heavy atom. The molecule has 1 aliphatic rings. The van der Waals surface area contributed by atoms with E-state index >= 15 is 0 Å². The van der Waals surface area contributed by atoms with Gasteiger partial charge < -0.3 is 9.88 Å². The third-order valence-electron chi connectivity index (χ3n) is 3.28. The van der Waals surface area contributed by atoms with Crippen LogP contribution < -0.4 is 5.32 Å². The maximum Gasteiger partial charge on any atom is 0.134 e. The number of benzene rings is 1. The molecule has 0 saturated carbocycles. The second-order valence-corrected chi connectivity index (χ2v) is 5.81. The number of hydrogen-bond acceptors (Lipinski definition) is 4. The third-order valence-corrected chi connectivity index (χ3v) is 4.25. The van der Waals surface area contributed by atoms with Gasteiger partial charge >= 0.3 is 0 Å². The summed E-state index contributed by atoms with van der Waals surface area (Å²) in [4.78, 5) is 0. The quantitative estimate of drug-likeness (QED) is 0.928. The summed E-state index contributed by atoms with van der Waals surface area (Å²) in [6.45, 7) is 1.95. The van der Waals surface area contributed by atoms with Gasteiger partial charge in [-0.2, -0.15) is 11.8 Å². The van der Waals surface area contributed by atoms with Crippen molar-refractivity contribution >= 4 is 17.4 Å². The summed E-state index contributed by atoms with van der Waals surface area (Å²) in [5, 5.41) is 12.1. The molecule has 1 aliphatic heterocycles. The Hall–Kier alpha value is -1.49. The molecule has 1 aromatic carbocycles. The maximum absolute atomic E-state index is 4.33. The summed E-state index contributed by atoms with van der Waals surface area (Å²) in [6, 6.07) is 10.3. The van der Waals surface area contributed by atoms with Crippen molar-refractivity contribution in [2.24, 2.45) is 0 Å². The fourth-order valence-corrected chi connectivity index (χ4v) is 3.14. The van der Waals surface area contributed by atoms with Crippen LogP contribution in [0.5, 0.6) is 0 Å². The van der Waals surface area contributed by atoms with Crippen LogP contribution in [0.4, 0.5) is 5.69 Å². The molecule has 100 valence electrons. The highest BCUT2D eigenvalue weighted by Gasteiger charge is 2.14. The first-order valence-corrected chi connectivity index (χ1v) is 7.86. The first kappa shape index (κ1) is 12.5. The lowest BCUT2D eigenvalue weighted by Crippen LogP contribution is -2.12. The van der Waals surface area contributed by atoms with E-state index in [2.05, 4.69) is 32.2 Å². The summed E-state index contributed by atoms with van der Waals surface area (Å²) in [6.07, 6.45) is 1.97. The molecule has 0 bridgehead atoms. The number of thioether (sulfide) groups is 1. The Bertz CT molecular complexity index is 523. The smallest absolute Gasteiger partial charge is 0.134 e. The molecule has 2 heterocycles. The molecular weight excluding hydrogens is 256 g/mol. The van der Waals surface area contributed by atoms with E-state index in [9.17, 15) is 0 Å². The molecule has 0 radical (unpaired) electrons. The molecule has 1 N–H and O–H groups in total. The summed E-state index contributed by atoms with van der Waals surface area (Å²) in [7, 11) is 0. The highest BCUT2D eigenvalue weighted by atomic mass is 32.2. The van der Waals surface area contributed by atoms with Gasteiger partial charge in [-0.15, -0.1) is 10.2 Å².